The number of fused-ring (bicyclic) bond motifs is 1. The topological polar surface area (TPSA) is 91.1 Å². The Hall–Kier alpha value is -2.34. The van der Waals surface area contributed by atoms with Gasteiger partial charge in [-0.2, -0.15) is 4.31 Å². The molecule has 32 heavy (non-hydrogen) atoms. The maximum Gasteiger partial charge on any atom is 0.258 e. The Morgan fingerprint density at radius 3 is 2.50 bits per heavy atom. The molecule has 0 spiro atoms. The first kappa shape index (κ1) is 21.5. The Bertz CT molecular complexity index is 1240. The van der Waals surface area contributed by atoms with Crippen LogP contribution in [-0.4, -0.2) is 71.3 Å². The van der Waals surface area contributed by atoms with Crippen LogP contribution < -0.4 is 10.5 Å². The van der Waals surface area contributed by atoms with Gasteiger partial charge < -0.3 is 4.90 Å². The second kappa shape index (κ2) is 8.89. The lowest BCUT2D eigenvalue weighted by Crippen LogP contribution is -2.46. The SMILES string of the molecule is O=c1cc(CN2CCN(c3ccc(S(=O)(=O)N4CCCCC4)cn3)CC2)nc2sccn12. The molecule has 2 fully saturated rings. The standard InChI is InChI=1S/C21H26N6O3S2/c28-20-14-17(23-21-27(20)12-13-31-21)16-24-8-10-25(11-9-24)19-5-4-18(15-22-19)32(29,30)26-6-2-1-3-7-26/h4-5,12-15H,1-3,6-11,16H2. The second-order valence-corrected chi connectivity index (χ2v) is 11.0. The molecule has 5 heterocycles. The predicted molar refractivity (Wildman–Crippen MR) is 124 cm³/mol. The van der Waals surface area contributed by atoms with Crippen LogP contribution in [0, 0.1) is 0 Å². The third kappa shape index (κ3) is 4.29. The minimum atomic E-state index is -3.46. The number of hydrogen-bond donors (Lipinski definition) is 0. The van der Waals surface area contributed by atoms with Gasteiger partial charge in [0, 0.05) is 69.7 Å². The van der Waals surface area contributed by atoms with Crippen LogP contribution >= 0.6 is 11.3 Å². The van der Waals surface area contributed by atoms with Gasteiger partial charge in [0.05, 0.1) is 5.69 Å². The molecule has 2 aliphatic heterocycles. The third-order valence-electron chi connectivity index (χ3n) is 6.11. The summed E-state index contributed by atoms with van der Waals surface area (Å²) in [4.78, 5) is 26.7. The average Bonchev–Trinajstić information content (AvgIpc) is 3.30. The molecule has 5 rings (SSSR count). The normalized spacial score (nSPS) is 18.9. The zero-order valence-corrected chi connectivity index (χ0v) is 19.4. The van der Waals surface area contributed by atoms with Crippen molar-refractivity contribution in [3.05, 3.63) is 52.0 Å². The lowest BCUT2D eigenvalue weighted by Gasteiger charge is -2.35. The Kier molecular flexibility index (Phi) is 5.97. The maximum atomic E-state index is 12.8. The first-order valence-corrected chi connectivity index (χ1v) is 13.2. The van der Waals surface area contributed by atoms with E-state index in [0.717, 1.165) is 61.9 Å². The number of hydrogen-bond acceptors (Lipinski definition) is 8. The number of anilines is 1. The Balaban J connectivity index is 1.21. The van der Waals surface area contributed by atoms with E-state index >= 15 is 0 Å². The molecule has 0 N–H and O–H groups in total. The summed E-state index contributed by atoms with van der Waals surface area (Å²) >= 11 is 1.46. The van der Waals surface area contributed by atoms with Gasteiger partial charge in [0.1, 0.15) is 10.7 Å². The van der Waals surface area contributed by atoms with Crippen LogP contribution in [0.15, 0.2) is 45.7 Å². The molecule has 0 saturated carbocycles. The molecule has 0 bridgehead atoms. The van der Waals surface area contributed by atoms with E-state index in [2.05, 4.69) is 19.8 Å². The van der Waals surface area contributed by atoms with Crippen molar-refractivity contribution in [2.24, 2.45) is 0 Å². The molecular formula is C21H26N6O3S2. The molecular weight excluding hydrogens is 448 g/mol. The van der Waals surface area contributed by atoms with Crippen LogP contribution in [0.1, 0.15) is 25.0 Å². The van der Waals surface area contributed by atoms with Crippen LogP contribution in [0.4, 0.5) is 5.82 Å². The maximum absolute atomic E-state index is 12.8. The van der Waals surface area contributed by atoms with Gasteiger partial charge in [0.25, 0.3) is 5.56 Å². The summed E-state index contributed by atoms with van der Waals surface area (Å²) in [6.45, 7) is 5.02. The number of thiazole rings is 1. The number of nitrogens with zero attached hydrogens (tertiary/aromatic N) is 6. The average molecular weight is 475 g/mol. The molecule has 0 aliphatic carbocycles. The van der Waals surface area contributed by atoms with Crippen LogP contribution in [0.5, 0.6) is 0 Å². The largest absolute Gasteiger partial charge is 0.354 e. The third-order valence-corrected chi connectivity index (χ3v) is 8.75. The molecule has 2 aliphatic rings. The van der Waals surface area contributed by atoms with Crippen LogP contribution in [0.3, 0.4) is 0 Å². The minimum Gasteiger partial charge on any atom is -0.354 e. The highest BCUT2D eigenvalue weighted by Gasteiger charge is 2.27. The van der Waals surface area contributed by atoms with Gasteiger partial charge in [-0.15, -0.1) is 11.3 Å². The van der Waals surface area contributed by atoms with E-state index in [1.54, 1.807) is 33.1 Å². The minimum absolute atomic E-state index is 0.0475. The molecule has 0 radical (unpaired) electrons. The van der Waals surface area contributed by atoms with Crippen molar-refractivity contribution in [1.29, 1.82) is 0 Å². The molecule has 0 aromatic carbocycles. The molecule has 2 saturated heterocycles. The first-order valence-electron chi connectivity index (χ1n) is 10.9. The van der Waals surface area contributed by atoms with Crippen molar-refractivity contribution in [3.8, 4) is 0 Å². The second-order valence-electron chi connectivity index (χ2n) is 8.22. The fourth-order valence-corrected chi connectivity index (χ4v) is 6.50. The number of piperazine rings is 1. The van der Waals surface area contributed by atoms with Crippen molar-refractivity contribution in [2.75, 3.05) is 44.2 Å². The van der Waals surface area contributed by atoms with Crippen LogP contribution in [-0.2, 0) is 16.6 Å². The summed E-state index contributed by atoms with van der Waals surface area (Å²) in [6.07, 6.45) is 6.15. The van der Waals surface area contributed by atoms with Gasteiger partial charge in [0.15, 0.2) is 4.96 Å². The fourth-order valence-electron chi connectivity index (χ4n) is 4.30. The van der Waals surface area contributed by atoms with Gasteiger partial charge in [-0.3, -0.25) is 14.1 Å². The number of rotatable bonds is 5. The fraction of sp³-hybridized carbons (Fsp3) is 0.476. The Labute approximate surface area is 191 Å². The summed E-state index contributed by atoms with van der Waals surface area (Å²) in [5, 5.41) is 1.86. The van der Waals surface area contributed by atoms with E-state index in [-0.39, 0.29) is 10.5 Å². The Morgan fingerprint density at radius 2 is 1.78 bits per heavy atom. The highest BCUT2D eigenvalue weighted by Crippen LogP contribution is 2.22. The summed E-state index contributed by atoms with van der Waals surface area (Å²) < 4.78 is 28.8. The molecule has 0 atom stereocenters. The lowest BCUT2D eigenvalue weighted by molar-refractivity contribution is 0.246. The zero-order valence-electron chi connectivity index (χ0n) is 17.8. The van der Waals surface area contributed by atoms with Crippen molar-refractivity contribution >= 4 is 32.1 Å². The molecule has 3 aromatic heterocycles. The van der Waals surface area contributed by atoms with E-state index in [1.165, 1.54) is 17.5 Å². The van der Waals surface area contributed by atoms with Crippen molar-refractivity contribution in [3.63, 3.8) is 0 Å². The lowest BCUT2D eigenvalue weighted by atomic mass is 10.2. The van der Waals surface area contributed by atoms with Gasteiger partial charge >= 0.3 is 0 Å². The zero-order chi connectivity index (χ0) is 22.1. The van der Waals surface area contributed by atoms with Crippen molar-refractivity contribution in [2.45, 2.75) is 30.7 Å². The Morgan fingerprint density at radius 1 is 1.00 bits per heavy atom. The first-order chi connectivity index (χ1) is 15.5. The quantitative estimate of drug-likeness (QED) is 0.555. The molecule has 3 aromatic rings. The summed E-state index contributed by atoms with van der Waals surface area (Å²) in [7, 11) is -3.46. The van der Waals surface area contributed by atoms with Crippen LogP contribution in [0.2, 0.25) is 0 Å². The number of sulfonamides is 1. The number of aromatic nitrogens is 3. The van der Waals surface area contributed by atoms with E-state index in [9.17, 15) is 13.2 Å². The molecule has 11 heteroatoms. The molecule has 170 valence electrons. The van der Waals surface area contributed by atoms with E-state index < -0.39 is 10.0 Å². The van der Waals surface area contributed by atoms with Crippen molar-refractivity contribution in [1.82, 2.24) is 23.6 Å². The van der Waals surface area contributed by atoms with Gasteiger partial charge in [-0.1, -0.05) is 6.42 Å². The van der Waals surface area contributed by atoms with Crippen molar-refractivity contribution < 1.29 is 8.42 Å². The monoisotopic (exact) mass is 474 g/mol. The number of piperidine rings is 1. The summed E-state index contributed by atoms with van der Waals surface area (Å²) in [6, 6.07) is 5.08. The smallest absolute Gasteiger partial charge is 0.258 e. The van der Waals surface area contributed by atoms with Gasteiger partial charge in [0.2, 0.25) is 10.0 Å². The highest BCUT2D eigenvalue weighted by atomic mass is 32.2. The van der Waals surface area contributed by atoms with Gasteiger partial charge in [-0.05, 0) is 25.0 Å². The number of pyridine rings is 1. The highest BCUT2D eigenvalue weighted by molar-refractivity contribution is 7.89. The van der Waals surface area contributed by atoms with E-state index in [4.69, 9.17) is 0 Å². The summed E-state index contributed by atoms with van der Waals surface area (Å²) in [5.41, 5.74) is 0.741. The van der Waals surface area contributed by atoms with E-state index in [0.29, 0.717) is 19.6 Å². The molecule has 0 unspecified atom stereocenters. The molecule has 9 nitrogen and oxygen atoms in total. The van der Waals surface area contributed by atoms with E-state index in [1.807, 2.05) is 5.38 Å². The van der Waals surface area contributed by atoms with Crippen LogP contribution in [0.25, 0.3) is 4.96 Å². The van der Waals surface area contributed by atoms with Gasteiger partial charge in [-0.25, -0.2) is 18.4 Å². The molecule has 0 amide bonds. The summed E-state index contributed by atoms with van der Waals surface area (Å²) in [5.74, 6) is 0.790. The predicted octanol–water partition coefficient (Wildman–Crippen LogP) is 1.65.